The van der Waals surface area contributed by atoms with E-state index in [1.54, 1.807) is 32.3 Å². The van der Waals surface area contributed by atoms with Crippen molar-refractivity contribution in [1.29, 1.82) is 0 Å². The van der Waals surface area contributed by atoms with Crippen molar-refractivity contribution < 1.29 is 23.8 Å². The summed E-state index contributed by atoms with van der Waals surface area (Å²) in [5.74, 6) is 0.616. The molecule has 2 unspecified atom stereocenters. The lowest BCUT2D eigenvalue weighted by Gasteiger charge is -2.42. The van der Waals surface area contributed by atoms with E-state index < -0.39 is 12.0 Å². The number of aryl methyl sites for hydroxylation is 1. The maximum atomic E-state index is 13.9. The molecule has 3 aromatic carbocycles. The highest BCUT2D eigenvalue weighted by Gasteiger charge is 2.44. The van der Waals surface area contributed by atoms with Crippen LogP contribution in [0, 0.1) is 0 Å². The number of hydrogen-bond donors (Lipinski definition) is 1. The van der Waals surface area contributed by atoms with Crippen LogP contribution in [0.2, 0.25) is 0 Å². The fourth-order valence-corrected chi connectivity index (χ4v) is 5.26. The average Bonchev–Trinajstić information content (AvgIpc) is 2.96. The summed E-state index contributed by atoms with van der Waals surface area (Å²) in [6.45, 7) is 3.07. The molecular weight excluding hydrogens is 480 g/mol. The van der Waals surface area contributed by atoms with E-state index in [-0.39, 0.29) is 11.8 Å². The number of ether oxygens (including phenoxy) is 3. The van der Waals surface area contributed by atoms with Crippen molar-refractivity contribution in [2.45, 2.75) is 38.1 Å². The number of benzene rings is 3. The Kier molecular flexibility index (Phi) is 8.89. The van der Waals surface area contributed by atoms with Crippen LogP contribution in [0.15, 0.2) is 66.7 Å². The molecule has 4 rings (SSSR count). The third-order valence-corrected chi connectivity index (χ3v) is 7.00. The lowest BCUT2D eigenvalue weighted by Crippen LogP contribution is -2.47. The van der Waals surface area contributed by atoms with Crippen LogP contribution in [0.5, 0.6) is 17.2 Å². The third kappa shape index (κ3) is 5.47. The second kappa shape index (κ2) is 12.5. The number of nitrogens with zero attached hydrogens (tertiary/aromatic N) is 1. The standard InChI is InChI=1S/C31H36N2O5/c1-5-18-33-28(22-19-25(36-2)29(38-4)26(20-22)37-3)27(23-15-9-10-16-24(23)31(33)35)30(34)32-17-11-14-21-12-7-6-8-13-21/h6-10,12-13,15-16,19-20,27-28H,5,11,14,17-18H2,1-4H3,(H,32,34). The maximum absolute atomic E-state index is 13.9. The quantitative estimate of drug-likeness (QED) is 0.357. The van der Waals surface area contributed by atoms with E-state index in [1.165, 1.54) is 5.56 Å². The summed E-state index contributed by atoms with van der Waals surface area (Å²) in [5.41, 5.74) is 3.28. The van der Waals surface area contributed by atoms with E-state index in [9.17, 15) is 9.59 Å². The van der Waals surface area contributed by atoms with E-state index >= 15 is 0 Å². The summed E-state index contributed by atoms with van der Waals surface area (Å²) in [6, 6.07) is 20.8. The number of carbonyl (C=O) groups excluding carboxylic acids is 2. The zero-order valence-corrected chi connectivity index (χ0v) is 22.5. The van der Waals surface area contributed by atoms with E-state index in [1.807, 2.05) is 55.5 Å². The van der Waals surface area contributed by atoms with Gasteiger partial charge in [0, 0.05) is 18.7 Å². The summed E-state index contributed by atoms with van der Waals surface area (Å²) < 4.78 is 16.7. The lowest BCUT2D eigenvalue weighted by molar-refractivity contribution is -0.124. The molecule has 38 heavy (non-hydrogen) atoms. The zero-order chi connectivity index (χ0) is 27.1. The molecule has 200 valence electrons. The van der Waals surface area contributed by atoms with E-state index in [4.69, 9.17) is 14.2 Å². The fraction of sp³-hybridized carbons (Fsp3) is 0.355. The van der Waals surface area contributed by atoms with Crippen LogP contribution in [0.4, 0.5) is 0 Å². The molecule has 7 heteroatoms. The van der Waals surface area contributed by atoms with Gasteiger partial charge >= 0.3 is 0 Å². The van der Waals surface area contributed by atoms with Gasteiger partial charge in [-0.05, 0) is 54.2 Å². The SMILES string of the molecule is CCCN1C(=O)c2ccccc2C(C(=O)NCCCc2ccccc2)C1c1cc(OC)c(OC)c(OC)c1. The molecule has 0 spiro atoms. The minimum atomic E-state index is -0.602. The van der Waals surface area contributed by atoms with Gasteiger partial charge in [-0.15, -0.1) is 0 Å². The van der Waals surface area contributed by atoms with Gasteiger partial charge in [0.25, 0.3) is 5.91 Å². The van der Waals surface area contributed by atoms with E-state index in [2.05, 4.69) is 17.4 Å². The lowest BCUT2D eigenvalue weighted by atomic mass is 9.79. The molecule has 0 fully saturated rings. The number of nitrogens with one attached hydrogen (secondary N) is 1. The summed E-state index contributed by atoms with van der Waals surface area (Å²) in [6.07, 6.45) is 2.44. The van der Waals surface area contributed by atoms with Crippen LogP contribution in [0.3, 0.4) is 0 Å². The number of methoxy groups -OCH3 is 3. The highest BCUT2D eigenvalue weighted by Crippen LogP contribution is 2.47. The number of fused-ring (bicyclic) bond motifs is 1. The van der Waals surface area contributed by atoms with Crippen molar-refractivity contribution >= 4 is 11.8 Å². The van der Waals surface area contributed by atoms with Crippen molar-refractivity contribution in [3.63, 3.8) is 0 Å². The van der Waals surface area contributed by atoms with Gasteiger partial charge in [-0.1, -0.05) is 55.5 Å². The Labute approximate surface area is 224 Å². The van der Waals surface area contributed by atoms with Crippen LogP contribution < -0.4 is 19.5 Å². The molecule has 3 aromatic rings. The first-order chi connectivity index (χ1) is 18.5. The van der Waals surface area contributed by atoms with Gasteiger partial charge in [-0.3, -0.25) is 9.59 Å². The van der Waals surface area contributed by atoms with Crippen LogP contribution in [0.25, 0.3) is 0 Å². The van der Waals surface area contributed by atoms with Crippen LogP contribution in [0.1, 0.15) is 58.8 Å². The largest absolute Gasteiger partial charge is 0.493 e. The highest BCUT2D eigenvalue weighted by atomic mass is 16.5. The van der Waals surface area contributed by atoms with Crippen LogP contribution >= 0.6 is 0 Å². The Balaban J connectivity index is 1.73. The van der Waals surface area contributed by atoms with Crippen molar-refractivity contribution in [2.24, 2.45) is 0 Å². The van der Waals surface area contributed by atoms with Crippen LogP contribution in [-0.2, 0) is 11.2 Å². The topological polar surface area (TPSA) is 77.1 Å². The first-order valence-electron chi connectivity index (χ1n) is 13.0. The van der Waals surface area contributed by atoms with E-state index in [0.717, 1.165) is 30.4 Å². The summed E-state index contributed by atoms with van der Waals surface area (Å²) in [4.78, 5) is 29.4. The molecule has 2 atom stereocenters. The summed E-state index contributed by atoms with van der Waals surface area (Å²) in [7, 11) is 4.67. The smallest absolute Gasteiger partial charge is 0.254 e. The molecule has 1 aliphatic heterocycles. The van der Waals surface area contributed by atoms with Crippen molar-refractivity contribution in [3.8, 4) is 17.2 Å². The maximum Gasteiger partial charge on any atom is 0.254 e. The summed E-state index contributed by atoms with van der Waals surface area (Å²) in [5, 5.41) is 3.16. The minimum Gasteiger partial charge on any atom is -0.493 e. The Hall–Kier alpha value is -4.00. The Morgan fingerprint density at radius 1 is 0.921 bits per heavy atom. The molecule has 7 nitrogen and oxygen atoms in total. The number of rotatable bonds is 11. The molecule has 1 aliphatic rings. The van der Waals surface area contributed by atoms with Gasteiger partial charge in [0.2, 0.25) is 11.7 Å². The molecule has 0 radical (unpaired) electrons. The molecule has 0 saturated heterocycles. The molecule has 0 bridgehead atoms. The Morgan fingerprint density at radius 2 is 1.58 bits per heavy atom. The van der Waals surface area contributed by atoms with E-state index in [0.29, 0.717) is 35.9 Å². The molecule has 1 N–H and O–H groups in total. The Bertz CT molecular complexity index is 1240. The first kappa shape index (κ1) is 27.0. The molecular formula is C31H36N2O5. The second-order valence-electron chi connectivity index (χ2n) is 9.35. The first-order valence-corrected chi connectivity index (χ1v) is 13.0. The monoisotopic (exact) mass is 516 g/mol. The normalized spacial score (nSPS) is 16.5. The highest BCUT2D eigenvalue weighted by molar-refractivity contribution is 6.01. The average molecular weight is 517 g/mol. The van der Waals surface area contributed by atoms with Crippen molar-refractivity contribution in [2.75, 3.05) is 34.4 Å². The number of hydrogen-bond acceptors (Lipinski definition) is 5. The molecule has 2 amide bonds. The van der Waals surface area contributed by atoms with Crippen molar-refractivity contribution in [1.82, 2.24) is 10.2 Å². The molecule has 0 saturated carbocycles. The number of amides is 2. The summed E-state index contributed by atoms with van der Waals surface area (Å²) >= 11 is 0. The van der Waals surface area contributed by atoms with Crippen LogP contribution in [-0.4, -0.2) is 51.1 Å². The second-order valence-corrected chi connectivity index (χ2v) is 9.35. The fourth-order valence-electron chi connectivity index (χ4n) is 5.26. The van der Waals surface area contributed by atoms with Crippen molar-refractivity contribution in [3.05, 3.63) is 89.0 Å². The predicted molar refractivity (Wildman–Crippen MR) is 147 cm³/mol. The molecule has 0 aliphatic carbocycles. The van der Waals surface area contributed by atoms with Gasteiger partial charge < -0.3 is 24.4 Å². The minimum absolute atomic E-state index is 0.0886. The van der Waals surface area contributed by atoms with Gasteiger partial charge in [-0.25, -0.2) is 0 Å². The Morgan fingerprint density at radius 3 is 2.21 bits per heavy atom. The predicted octanol–water partition coefficient (Wildman–Crippen LogP) is 5.15. The van der Waals surface area contributed by atoms with Gasteiger partial charge in [0.1, 0.15) is 0 Å². The van der Waals surface area contributed by atoms with Gasteiger partial charge in [-0.2, -0.15) is 0 Å². The molecule has 1 heterocycles. The number of carbonyl (C=O) groups is 2. The molecule has 0 aromatic heterocycles. The van der Waals surface area contributed by atoms with Gasteiger partial charge in [0.05, 0.1) is 33.3 Å². The van der Waals surface area contributed by atoms with Gasteiger partial charge in [0.15, 0.2) is 11.5 Å². The zero-order valence-electron chi connectivity index (χ0n) is 22.5. The third-order valence-electron chi connectivity index (χ3n) is 7.00.